The van der Waals surface area contributed by atoms with E-state index in [1.165, 1.54) is 11.1 Å². The van der Waals surface area contributed by atoms with Crippen molar-refractivity contribution in [3.05, 3.63) is 29.3 Å². The summed E-state index contributed by atoms with van der Waals surface area (Å²) < 4.78 is 5.32. The maximum Gasteiger partial charge on any atom is 0.238 e. The van der Waals surface area contributed by atoms with E-state index in [1.54, 1.807) is 18.9 Å². The fourth-order valence-corrected chi connectivity index (χ4v) is 3.22. The van der Waals surface area contributed by atoms with Crippen molar-refractivity contribution in [1.82, 2.24) is 10.6 Å². The van der Waals surface area contributed by atoms with Gasteiger partial charge in [-0.3, -0.25) is 10.1 Å². The molecule has 4 nitrogen and oxygen atoms in total. The Morgan fingerprint density at radius 3 is 3.05 bits per heavy atom. The molecule has 0 aliphatic carbocycles. The first kappa shape index (κ1) is 15.2. The smallest absolute Gasteiger partial charge is 0.238 e. The molecule has 1 fully saturated rings. The predicted molar refractivity (Wildman–Crippen MR) is 83.3 cm³/mol. The lowest BCUT2D eigenvalue weighted by molar-refractivity contribution is -0.122. The van der Waals surface area contributed by atoms with Gasteiger partial charge in [-0.05, 0) is 30.0 Å². The maximum absolute atomic E-state index is 11.9. The highest BCUT2D eigenvalue weighted by molar-refractivity contribution is 7.99. The number of amides is 1. The number of thioether (sulfide) groups is 1. The standard InChI is InChI=1S/C15H22N2O2S/c1-3-12-8-11(4-5-14(12)19-2)6-7-16-15(18)13-9-20-10-17-13/h4-5,8,13,17H,3,6-7,9-10H2,1-2H3,(H,16,18). The molecule has 0 aromatic heterocycles. The van der Waals surface area contributed by atoms with E-state index >= 15 is 0 Å². The summed E-state index contributed by atoms with van der Waals surface area (Å²) in [5, 5.41) is 6.17. The molecule has 0 bridgehead atoms. The Labute approximate surface area is 124 Å². The van der Waals surface area contributed by atoms with Gasteiger partial charge >= 0.3 is 0 Å². The summed E-state index contributed by atoms with van der Waals surface area (Å²) in [4.78, 5) is 11.9. The number of rotatable bonds is 6. The van der Waals surface area contributed by atoms with Crippen LogP contribution >= 0.6 is 11.8 Å². The Morgan fingerprint density at radius 2 is 2.40 bits per heavy atom. The number of carbonyl (C=O) groups is 1. The van der Waals surface area contributed by atoms with Crippen molar-refractivity contribution >= 4 is 17.7 Å². The molecule has 20 heavy (non-hydrogen) atoms. The second kappa shape index (κ2) is 7.55. The van der Waals surface area contributed by atoms with E-state index in [9.17, 15) is 4.79 Å². The first-order valence-corrected chi connectivity index (χ1v) is 8.14. The van der Waals surface area contributed by atoms with E-state index < -0.39 is 0 Å². The molecular weight excluding hydrogens is 272 g/mol. The first-order valence-electron chi connectivity index (χ1n) is 6.99. The Hall–Kier alpha value is -1.20. The van der Waals surface area contributed by atoms with Crippen LogP contribution in [0.2, 0.25) is 0 Å². The molecule has 1 unspecified atom stereocenters. The summed E-state index contributed by atoms with van der Waals surface area (Å²) in [6.45, 7) is 2.80. The van der Waals surface area contributed by atoms with Gasteiger partial charge in [-0.1, -0.05) is 19.1 Å². The maximum atomic E-state index is 11.9. The van der Waals surface area contributed by atoms with Gasteiger partial charge < -0.3 is 10.1 Å². The third kappa shape index (κ3) is 3.90. The number of hydrogen-bond acceptors (Lipinski definition) is 4. The lowest BCUT2D eigenvalue weighted by Gasteiger charge is -2.12. The molecule has 5 heteroatoms. The van der Waals surface area contributed by atoms with Crippen LogP contribution in [0.5, 0.6) is 5.75 Å². The van der Waals surface area contributed by atoms with Gasteiger partial charge in [0.05, 0.1) is 13.2 Å². The molecule has 0 radical (unpaired) electrons. The summed E-state index contributed by atoms with van der Waals surface area (Å²) in [5.74, 6) is 2.79. The highest BCUT2D eigenvalue weighted by atomic mass is 32.2. The summed E-state index contributed by atoms with van der Waals surface area (Å²) in [7, 11) is 1.70. The largest absolute Gasteiger partial charge is 0.496 e. The molecule has 110 valence electrons. The molecule has 1 atom stereocenters. The van der Waals surface area contributed by atoms with Crippen LogP contribution in [-0.2, 0) is 17.6 Å². The number of ether oxygens (including phenoxy) is 1. The topological polar surface area (TPSA) is 50.4 Å². The summed E-state index contributed by atoms with van der Waals surface area (Å²) in [5.41, 5.74) is 2.45. The van der Waals surface area contributed by atoms with Crippen molar-refractivity contribution in [3.8, 4) is 5.75 Å². The lowest BCUT2D eigenvalue weighted by Crippen LogP contribution is -2.42. The van der Waals surface area contributed by atoms with Crippen molar-refractivity contribution in [3.63, 3.8) is 0 Å². The molecule has 2 rings (SSSR count). The fraction of sp³-hybridized carbons (Fsp3) is 0.533. The molecule has 1 saturated heterocycles. The summed E-state index contributed by atoms with van der Waals surface area (Å²) in [6, 6.07) is 6.20. The van der Waals surface area contributed by atoms with Crippen LogP contribution in [0.25, 0.3) is 0 Å². The van der Waals surface area contributed by atoms with Crippen LogP contribution < -0.4 is 15.4 Å². The van der Waals surface area contributed by atoms with Crippen LogP contribution in [0.4, 0.5) is 0 Å². The van der Waals surface area contributed by atoms with Crippen LogP contribution in [0.3, 0.4) is 0 Å². The average molecular weight is 294 g/mol. The zero-order valence-electron chi connectivity index (χ0n) is 12.1. The Kier molecular flexibility index (Phi) is 5.73. The SMILES string of the molecule is CCc1cc(CCNC(=O)C2CSCN2)ccc1OC. The van der Waals surface area contributed by atoms with Gasteiger partial charge in [-0.15, -0.1) is 11.8 Å². The van der Waals surface area contributed by atoms with Crippen molar-refractivity contribution in [2.24, 2.45) is 0 Å². The van der Waals surface area contributed by atoms with Gasteiger partial charge in [-0.25, -0.2) is 0 Å². The molecule has 1 aliphatic heterocycles. The van der Waals surface area contributed by atoms with E-state index in [1.807, 2.05) is 6.07 Å². The molecule has 1 aromatic rings. The number of methoxy groups -OCH3 is 1. The van der Waals surface area contributed by atoms with Crippen molar-refractivity contribution < 1.29 is 9.53 Å². The minimum absolute atomic E-state index is 0.0259. The lowest BCUT2D eigenvalue weighted by atomic mass is 10.1. The number of hydrogen-bond donors (Lipinski definition) is 2. The normalized spacial score (nSPS) is 18.0. The molecule has 0 spiro atoms. The van der Waals surface area contributed by atoms with E-state index in [-0.39, 0.29) is 11.9 Å². The molecule has 2 N–H and O–H groups in total. The van der Waals surface area contributed by atoms with Gasteiger partial charge in [0, 0.05) is 18.2 Å². The summed E-state index contributed by atoms with van der Waals surface area (Å²) >= 11 is 1.76. The molecule has 1 aliphatic rings. The highest BCUT2D eigenvalue weighted by Gasteiger charge is 2.21. The number of benzene rings is 1. The number of nitrogens with one attached hydrogen (secondary N) is 2. The second-order valence-corrected chi connectivity index (χ2v) is 5.84. The van der Waals surface area contributed by atoms with E-state index in [4.69, 9.17) is 4.74 Å². The van der Waals surface area contributed by atoms with E-state index in [2.05, 4.69) is 29.7 Å². The highest BCUT2D eigenvalue weighted by Crippen LogP contribution is 2.20. The van der Waals surface area contributed by atoms with E-state index in [0.717, 1.165) is 30.2 Å². The first-order chi connectivity index (χ1) is 9.74. The predicted octanol–water partition coefficient (Wildman–Crippen LogP) is 1.58. The van der Waals surface area contributed by atoms with Gasteiger partial charge in [0.2, 0.25) is 5.91 Å². The van der Waals surface area contributed by atoms with Gasteiger partial charge in [0.1, 0.15) is 5.75 Å². The van der Waals surface area contributed by atoms with Crippen molar-refractivity contribution in [1.29, 1.82) is 0 Å². The second-order valence-electron chi connectivity index (χ2n) is 4.81. The number of aryl methyl sites for hydroxylation is 1. The minimum Gasteiger partial charge on any atom is -0.496 e. The molecular formula is C15H22N2O2S. The van der Waals surface area contributed by atoms with Crippen molar-refractivity contribution in [2.75, 3.05) is 25.3 Å². The summed E-state index contributed by atoms with van der Waals surface area (Å²) in [6.07, 6.45) is 1.80. The molecule has 1 amide bonds. The Morgan fingerprint density at radius 1 is 1.55 bits per heavy atom. The van der Waals surface area contributed by atoms with Crippen LogP contribution in [0.15, 0.2) is 18.2 Å². The van der Waals surface area contributed by atoms with Gasteiger partial charge in [0.15, 0.2) is 0 Å². The average Bonchev–Trinajstić information content (AvgIpc) is 3.01. The van der Waals surface area contributed by atoms with E-state index in [0.29, 0.717) is 6.54 Å². The zero-order valence-corrected chi connectivity index (χ0v) is 12.9. The third-order valence-corrected chi connectivity index (χ3v) is 4.41. The zero-order chi connectivity index (χ0) is 14.4. The third-order valence-electron chi connectivity index (χ3n) is 3.47. The van der Waals surface area contributed by atoms with Gasteiger partial charge in [0.25, 0.3) is 0 Å². The molecule has 1 heterocycles. The Balaban J connectivity index is 1.83. The van der Waals surface area contributed by atoms with Crippen molar-refractivity contribution in [2.45, 2.75) is 25.8 Å². The fourth-order valence-electron chi connectivity index (χ4n) is 2.28. The molecule has 1 aromatic carbocycles. The van der Waals surface area contributed by atoms with Gasteiger partial charge in [-0.2, -0.15) is 0 Å². The monoisotopic (exact) mass is 294 g/mol. The quantitative estimate of drug-likeness (QED) is 0.836. The number of carbonyl (C=O) groups excluding carboxylic acids is 1. The van der Waals surface area contributed by atoms with Crippen LogP contribution in [0.1, 0.15) is 18.1 Å². The molecule has 0 saturated carbocycles. The van der Waals surface area contributed by atoms with Crippen LogP contribution in [-0.4, -0.2) is 37.2 Å². The Bertz CT molecular complexity index is 459. The minimum atomic E-state index is -0.0259. The van der Waals surface area contributed by atoms with Crippen LogP contribution in [0, 0.1) is 0 Å².